The van der Waals surface area contributed by atoms with E-state index >= 15 is 0 Å². The van der Waals surface area contributed by atoms with Crippen LogP contribution in [0.1, 0.15) is 24.0 Å². The van der Waals surface area contributed by atoms with Gasteiger partial charge in [-0.05, 0) is 48.9 Å². The molecule has 0 aliphatic carbocycles. The third kappa shape index (κ3) is 5.56. The fourth-order valence-corrected chi connectivity index (χ4v) is 4.09. The first-order chi connectivity index (χ1) is 15.6. The quantitative estimate of drug-likeness (QED) is 0.533. The van der Waals surface area contributed by atoms with Crippen LogP contribution in [0.5, 0.6) is 0 Å². The predicted molar refractivity (Wildman–Crippen MR) is 129 cm³/mol. The Morgan fingerprint density at radius 1 is 1.00 bits per heavy atom. The highest BCUT2D eigenvalue weighted by Crippen LogP contribution is 2.21. The summed E-state index contributed by atoms with van der Waals surface area (Å²) in [6.07, 6.45) is 3.48. The smallest absolute Gasteiger partial charge is 0.227 e. The van der Waals surface area contributed by atoms with Crippen molar-refractivity contribution in [2.45, 2.75) is 25.9 Å². The Balaban J connectivity index is 1.27. The number of aliphatic imine (C=N–C) groups is 1. The zero-order chi connectivity index (χ0) is 22.3. The van der Waals surface area contributed by atoms with Gasteiger partial charge in [0.2, 0.25) is 5.91 Å². The maximum absolute atomic E-state index is 11.9. The Morgan fingerprint density at radius 3 is 2.38 bits per heavy atom. The van der Waals surface area contributed by atoms with Crippen molar-refractivity contribution in [2.75, 3.05) is 56.6 Å². The normalized spacial score (nSPS) is 17.7. The van der Waals surface area contributed by atoms with Gasteiger partial charge in [-0.15, -0.1) is 0 Å². The fraction of sp³-hybridized carbons (Fsp3) is 0.458. The SMILES string of the molecule is CN=C(NCc1ccc(N2CCCC2=O)cc1)NCc1ccnc(N2CCN(C)CC2)c1. The summed E-state index contributed by atoms with van der Waals surface area (Å²) in [5, 5.41) is 6.75. The minimum absolute atomic E-state index is 0.215. The van der Waals surface area contributed by atoms with Crippen molar-refractivity contribution >= 4 is 23.4 Å². The number of nitrogens with zero attached hydrogens (tertiary/aromatic N) is 5. The molecule has 170 valence electrons. The molecule has 1 aromatic heterocycles. The van der Waals surface area contributed by atoms with E-state index in [9.17, 15) is 4.79 Å². The Labute approximate surface area is 190 Å². The average molecular weight is 436 g/mol. The summed E-state index contributed by atoms with van der Waals surface area (Å²) in [6.45, 7) is 6.31. The zero-order valence-corrected chi connectivity index (χ0v) is 19.0. The second-order valence-electron chi connectivity index (χ2n) is 8.41. The second-order valence-corrected chi connectivity index (χ2v) is 8.41. The number of pyridine rings is 1. The third-order valence-electron chi connectivity index (χ3n) is 6.10. The van der Waals surface area contributed by atoms with Crippen LogP contribution in [0.2, 0.25) is 0 Å². The van der Waals surface area contributed by atoms with Crippen LogP contribution in [0.15, 0.2) is 47.6 Å². The molecule has 3 heterocycles. The number of hydrogen-bond acceptors (Lipinski definition) is 5. The van der Waals surface area contributed by atoms with Crippen molar-refractivity contribution in [1.82, 2.24) is 20.5 Å². The van der Waals surface area contributed by atoms with Gasteiger partial charge in [-0.2, -0.15) is 0 Å². The Morgan fingerprint density at radius 2 is 1.72 bits per heavy atom. The van der Waals surface area contributed by atoms with Crippen LogP contribution >= 0.6 is 0 Å². The first kappa shape index (κ1) is 22.1. The lowest BCUT2D eigenvalue weighted by atomic mass is 10.2. The molecule has 2 aromatic rings. The highest BCUT2D eigenvalue weighted by Gasteiger charge is 2.21. The number of rotatable bonds is 6. The molecular formula is C24H33N7O. The monoisotopic (exact) mass is 435 g/mol. The van der Waals surface area contributed by atoms with Gasteiger partial charge in [-0.25, -0.2) is 4.98 Å². The fourth-order valence-electron chi connectivity index (χ4n) is 4.09. The number of carbonyl (C=O) groups is 1. The Hall–Kier alpha value is -3.13. The lowest BCUT2D eigenvalue weighted by Crippen LogP contribution is -2.44. The van der Waals surface area contributed by atoms with E-state index in [1.54, 1.807) is 7.05 Å². The average Bonchev–Trinajstić information content (AvgIpc) is 3.26. The first-order valence-corrected chi connectivity index (χ1v) is 11.3. The molecule has 1 aromatic carbocycles. The van der Waals surface area contributed by atoms with Crippen LogP contribution in [0, 0.1) is 0 Å². The van der Waals surface area contributed by atoms with Gasteiger partial charge in [0, 0.05) is 71.2 Å². The number of amides is 1. The molecule has 0 unspecified atom stereocenters. The molecule has 0 spiro atoms. The summed E-state index contributed by atoms with van der Waals surface area (Å²) < 4.78 is 0. The lowest BCUT2D eigenvalue weighted by Gasteiger charge is -2.33. The minimum Gasteiger partial charge on any atom is -0.354 e. The topological polar surface area (TPSA) is 76.1 Å². The third-order valence-corrected chi connectivity index (χ3v) is 6.10. The molecule has 2 aliphatic rings. The van der Waals surface area contributed by atoms with Gasteiger partial charge in [0.15, 0.2) is 5.96 Å². The van der Waals surface area contributed by atoms with E-state index in [0.717, 1.165) is 62.2 Å². The number of carbonyl (C=O) groups excluding carboxylic acids is 1. The number of aromatic nitrogens is 1. The number of likely N-dealkylation sites (N-methyl/N-ethyl adjacent to an activating group) is 1. The number of anilines is 2. The molecule has 2 aliphatic heterocycles. The molecule has 0 radical (unpaired) electrons. The van der Waals surface area contributed by atoms with E-state index in [-0.39, 0.29) is 5.91 Å². The molecule has 4 rings (SSSR count). The molecule has 8 heteroatoms. The molecule has 32 heavy (non-hydrogen) atoms. The van der Waals surface area contributed by atoms with Gasteiger partial charge in [-0.3, -0.25) is 9.79 Å². The molecular weight excluding hydrogens is 402 g/mol. The van der Waals surface area contributed by atoms with E-state index in [0.29, 0.717) is 19.5 Å². The predicted octanol–water partition coefficient (Wildman–Crippen LogP) is 1.83. The number of guanidine groups is 1. The largest absolute Gasteiger partial charge is 0.354 e. The van der Waals surface area contributed by atoms with E-state index in [4.69, 9.17) is 0 Å². The lowest BCUT2D eigenvalue weighted by molar-refractivity contribution is -0.117. The summed E-state index contributed by atoms with van der Waals surface area (Å²) in [7, 11) is 3.94. The standard InChI is InChI=1S/C24H33N7O/c1-25-24(27-17-19-5-7-21(8-6-19)31-11-3-4-23(31)32)28-18-20-9-10-26-22(16-20)30-14-12-29(2)13-15-30/h5-10,16H,3-4,11-15,17-18H2,1-2H3,(H2,25,27,28). The van der Waals surface area contributed by atoms with Gasteiger partial charge >= 0.3 is 0 Å². The van der Waals surface area contributed by atoms with E-state index < -0.39 is 0 Å². The molecule has 1 amide bonds. The maximum Gasteiger partial charge on any atom is 0.227 e. The van der Waals surface area contributed by atoms with Gasteiger partial charge in [-0.1, -0.05) is 12.1 Å². The summed E-state index contributed by atoms with van der Waals surface area (Å²) >= 11 is 0. The molecule has 2 fully saturated rings. The summed E-state index contributed by atoms with van der Waals surface area (Å²) in [5.74, 6) is 2.01. The molecule has 8 nitrogen and oxygen atoms in total. The highest BCUT2D eigenvalue weighted by molar-refractivity contribution is 5.95. The molecule has 2 saturated heterocycles. The first-order valence-electron chi connectivity index (χ1n) is 11.3. The van der Waals surface area contributed by atoms with Crippen molar-refractivity contribution in [3.8, 4) is 0 Å². The molecule has 0 bridgehead atoms. The molecule has 0 saturated carbocycles. The highest BCUT2D eigenvalue weighted by atomic mass is 16.2. The number of piperazine rings is 1. The molecule has 2 N–H and O–H groups in total. The van der Waals surface area contributed by atoms with Crippen molar-refractivity contribution < 1.29 is 4.79 Å². The maximum atomic E-state index is 11.9. The van der Waals surface area contributed by atoms with Crippen LogP contribution < -0.4 is 20.4 Å². The van der Waals surface area contributed by atoms with Crippen molar-refractivity contribution in [1.29, 1.82) is 0 Å². The Kier molecular flexibility index (Phi) is 7.21. The number of nitrogens with one attached hydrogen (secondary N) is 2. The van der Waals surface area contributed by atoms with Crippen molar-refractivity contribution in [3.05, 3.63) is 53.7 Å². The summed E-state index contributed by atoms with van der Waals surface area (Å²) in [4.78, 5) is 27.4. The summed E-state index contributed by atoms with van der Waals surface area (Å²) in [6, 6.07) is 12.4. The Bertz CT molecular complexity index is 936. The van der Waals surface area contributed by atoms with Crippen LogP contribution in [0.4, 0.5) is 11.5 Å². The minimum atomic E-state index is 0.215. The second kappa shape index (κ2) is 10.5. The van der Waals surface area contributed by atoms with Crippen LogP contribution in [0.25, 0.3) is 0 Å². The van der Waals surface area contributed by atoms with Crippen molar-refractivity contribution in [2.24, 2.45) is 4.99 Å². The van der Waals surface area contributed by atoms with Crippen LogP contribution in [-0.4, -0.2) is 68.6 Å². The van der Waals surface area contributed by atoms with Gasteiger partial charge in [0.1, 0.15) is 5.82 Å². The van der Waals surface area contributed by atoms with E-state index in [2.05, 4.69) is 55.7 Å². The van der Waals surface area contributed by atoms with E-state index in [1.165, 1.54) is 5.56 Å². The molecule has 0 atom stereocenters. The van der Waals surface area contributed by atoms with Crippen LogP contribution in [0.3, 0.4) is 0 Å². The van der Waals surface area contributed by atoms with Crippen molar-refractivity contribution in [3.63, 3.8) is 0 Å². The van der Waals surface area contributed by atoms with Crippen LogP contribution in [-0.2, 0) is 17.9 Å². The van der Waals surface area contributed by atoms with Gasteiger partial charge < -0.3 is 25.3 Å². The van der Waals surface area contributed by atoms with E-state index in [1.807, 2.05) is 29.3 Å². The number of hydrogen-bond donors (Lipinski definition) is 2. The van der Waals surface area contributed by atoms with Gasteiger partial charge in [0.05, 0.1) is 0 Å². The summed E-state index contributed by atoms with van der Waals surface area (Å²) in [5.41, 5.74) is 3.30. The van der Waals surface area contributed by atoms with Gasteiger partial charge in [0.25, 0.3) is 0 Å². The number of benzene rings is 1. The zero-order valence-electron chi connectivity index (χ0n) is 19.0.